The van der Waals surface area contributed by atoms with Crippen LogP contribution in [0.5, 0.6) is 0 Å². The van der Waals surface area contributed by atoms with Crippen molar-refractivity contribution < 1.29 is 0 Å². The minimum Gasteiger partial charge on any atom is -0.341 e. The Kier molecular flexibility index (Phi) is 4.97. The molecule has 0 spiro atoms. The Bertz CT molecular complexity index is 1150. The van der Waals surface area contributed by atoms with E-state index >= 15 is 0 Å². The Morgan fingerprint density at radius 3 is 2.42 bits per heavy atom. The first-order valence-electron chi connectivity index (χ1n) is 11.0. The molecule has 0 bridgehead atoms. The quantitative estimate of drug-likeness (QED) is 0.511. The Morgan fingerprint density at radius 2 is 1.74 bits per heavy atom. The molecule has 3 aromatic rings. The van der Waals surface area contributed by atoms with Crippen LogP contribution in [0.3, 0.4) is 0 Å². The largest absolute Gasteiger partial charge is 0.341 e. The maximum atomic E-state index is 5.16. The lowest BCUT2D eigenvalue weighted by molar-refractivity contribution is 0.320. The van der Waals surface area contributed by atoms with Gasteiger partial charge in [-0.1, -0.05) is 42.4 Å². The number of fused-ring (bicyclic) bond motifs is 1. The fourth-order valence-corrected chi connectivity index (χ4v) is 6.50. The number of aromatic nitrogens is 2. The molecule has 1 fully saturated rings. The van der Waals surface area contributed by atoms with Crippen molar-refractivity contribution in [2.24, 2.45) is 4.99 Å². The van der Waals surface area contributed by atoms with Crippen LogP contribution in [0.4, 0.5) is 0 Å². The zero-order valence-electron chi connectivity index (χ0n) is 19.2. The molecule has 0 aliphatic carbocycles. The van der Waals surface area contributed by atoms with E-state index in [1.165, 1.54) is 44.5 Å². The molecule has 4 heterocycles. The number of amidine groups is 1. The van der Waals surface area contributed by atoms with Gasteiger partial charge < -0.3 is 9.47 Å². The lowest BCUT2D eigenvalue weighted by atomic mass is 9.96. The molecule has 4 nitrogen and oxygen atoms in total. The molecule has 5 rings (SSSR count). The molecule has 5 heteroatoms. The molecule has 3 atom stereocenters. The van der Waals surface area contributed by atoms with Crippen molar-refractivity contribution in [3.8, 4) is 5.69 Å². The highest BCUT2D eigenvalue weighted by molar-refractivity contribution is 8.14. The standard InChI is InChI=1S/C26H30N4S/c1-15-11-16(2)24(17(3)12-15)30-18(4)13-21(20(30)6)25-23(22-9-7-8-10-27-22)28-26-29(25)14-19(5)31-26/h7-13,19,23,25H,14H2,1-6H3. The highest BCUT2D eigenvalue weighted by Crippen LogP contribution is 2.49. The molecule has 2 aliphatic rings. The molecule has 1 saturated heterocycles. The summed E-state index contributed by atoms with van der Waals surface area (Å²) in [4.78, 5) is 12.4. The maximum Gasteiger partial charge on any atom is 0.160 e. The second-order valence-electron chi connectivity index (χ2n) is 9.05. The fourth-order valence-electron chi connectivity index (χ4n) is 5.41. The fraction of sp³-hybridized carbons (Fsp3) is 0.385. The van der Waals surface area contributed by atoms with Gasteiger partial charge in [0.2, 0.25) is 0 Å². The van der Waals surface area contributed by atoms with Crippen LogP contribution >= 0.6 is 11.8 Å². The normalized spacial score (nSPS) is 22.7. The lowest BCUT2D eigenvalue weighted by Gasteiger charge is -2.27. The third kappa shape index (κ3) is 3.30. The van der Waals surface area contributed by atoms with E-state index in [0.717, 1.165) is 12.2 Å². The van der Waals surface area contributed by atoms with Crippen molar-refractivity contribution >= 4 is 16.9 Å². The van der Waals surface area contributed by atoms with Crippen LogP contribution in [0.2, 0.25) is 0 Å². The first-order chi connectivity index (χ1) is 14.8. The monoisotopic (exact) mass is 430 g/mol. The molecular formula is C26H30N4S. The molecular weight excluding hydrogens is 400 g/mol. The van der Waals surface area contributed by atoms with Gasteiger partial charge in [-0.05, 0) is 69.5 Å². The summed E-state index contributed by atoms with van der Waals surface area (Å²) < 4.78 is 2.44. The molecule has 2 aliphatic heterocycles. The van der Waals surface area contributed by atoms with Crippen molar-refractivity contribution in [3.63, 3.8) is 0 Å². The van der Waals surface area contributed by atoms with E-state index in [9.17, 15) is 0 Å². The van der Waals surface area contributed by atoms with Crippen LogP contribution in [0.15, 0.2) is 47.6 Å². The molecule has 0 N–H and O–H groups in total. The summed E-state index contributed by atoms with van der Waals surface area (Å²) in [5.41, 5.74) is 10.3. The summed E-state index contributed by atoms with van der Waals surface area (Å²) >= 11 is 1.89. The Hall–Kier alpha value is -2.53. The van der Waals surface area contributed by atoms with Gasteiger partial charge in [0.1, 0.15) is 6.04 Å². The summed E-state index contributed by atoms with van der Waals surface area (Å²) in [5.74, 6) is 0. The summed E-state index contributed by atoms with van der Waals surface area (Å²) in [6, 6.07) is 13.3. The maximum absolute atomic E-state index is 5.16. The van der Waals surface area contributed by atoms with Gasteiger partial charge >= 0.3 is 0 Å². The van der Waals surface area contributed by atoms with E-state index in [1.54, 1.807) is 0 Å². The number of hydrogen-bond acceptors (Lipinski definition) is 4. The van der Waals surface area contributed by atoms with Crippen molar-refractivity contribution in [2.45, 2.75) is 58.9 Å². The molecule has 31 heavy (non-hydrogen) atoms. The SMILES string of the molecule is Cc1cc(C)c(-n2c(C)cc(C3C(c4ccccn4)N=C4SC(C)CN43)c2C)c(C)c1. The zero-order chi connectivity index (χ0) is 21.9. The van der Waals surface area contributed by atoms with Crippen molar-refractivity contribution in [1.82, 2.24) is 14.5 Å². The van der Waals surface area contributed by atoms with E-state index in [0.29, 0.717) is 5.25 Å². The topological polar surface area (TPSA) is 33.4 Å². The predicted molar refractivity (Wildman–Crippen MR) is 130 cm³/mol. The van der Waals surface area contributed by atoms with Crippen LogP contribution < -0.4 is 0 Å². The second kappa shape index (κ2) is 7.56. The molecule has 0 saturated carbocycles. The van der Waals surface area contributed by atoms with E-state index in [1.807, 2.05) is 24.0 Å². The van der Waals surface area contributed by atoms with Crippen LogP contribution in [0, 0.1) is 34.6 Å². The van der Waals surface area contributed by atoms with E-state index in [2.05, 4.69) is 86.3 Å². The number of rotatable bonds is 3. The summed E-state index contributed by atoms with van der Waals surface area (Å²) in [7, 11) is 0. The average molecular weight is 431 g/mol. The van der Waals surface area contributed by atoms with E-state index < -0.39 is 0 Å². The average Bonchev–Trinajstić information content (AvgIpc) is 3.33. The highest BCUT2D eigenvalue weighted by Gasteiger charge is 2.44. The van der Waals surface area contributed by atoms with Gasteiger partial charge in [0, 0.05) is 29.4 Å². The van der Waals surface area contributed by atoms with Gasteiger partial charge in [0.15, 0.2) is 5.17 Å². The van der Waals surface area contributed by atoms with Gasteiger partial charge in [0.05, 0.1) is 17.4 Å². The Morgan fingerprint density at radius 1 is 1.00 bits per heavy atom. The van der Waals surface area contributed by atoms with Crippen LogP contribution in [-0.2, 0) is 0 Å². The number of thioether (sulfide) groups is 1. The molecule has 0 amide bonds. The van der Waals surface area contributed by atoms with Crippen molar-refractivity contribution in [1.29, 1.82) is 0 Å². The van der Waals surface area contributed by atoms with Crippen LogP contribution in [0.25, 0.3) is 5.69 Å². The highest BCUT2D eigenvalue weighted by atomic mass is 32.2. The second-order valence-corrected chi connectivity index (χ2v) is 10.5. The molecule has 2 aromatic heterocycles. The van der Waals surface area contributed by atoms with Crippen LogP contribution in [-0.4, -0.2) is 31.4 Å². The van der Waals surface area contributed by atoms with Gasteiger partial charge in [-0.3, -0.25) is 9.98 Å². The Balaban J connectivity index is 1.66. The zero-order valence-corrected chi connectivity index (χ0v) is 20.0. The number of benzene rings is 1. The number of aryl methyl sites for hydroxylation is 4. The third-order valence-electron chi connectivity index (χ3n) is 6.53. The number of hydrogen-bond donors (Lipinski definition) is 0. The van der Waals surface area contributed by atoms with Gasteiger partial charge in [-0.2, -0.15) is 0 Å². The van der Waals surface area contributed by atoms with Crippen LogP contribution in [0.1, 0.15) is 58.3 Å². The molecule has 3 unspecified atom stereocenters. The summed E-state index contributed by atoms with van der Waals surface area (Å²) in [5, 5.41) is 1.73. The first kappa shape index (κ1) is 20.4. The molecule has 0 radical (unpaired) electrons. The predicted octanol–water partition coefficient (Wildman–Crippen LogP) is 6.00. The van der Waals surface area contributed by atoms with E-state index in [-0.39, 0.29) is 12.1 Å². The lowest BCUT2D eigenvalue weighted by Crippen LogP contribution is -2.29. The minimum atomic E-state index is 0.0327. The molecule has 160 valence electrons. The molecule has 1 aromatic carbocycles. The van der Waals surface area contributed by atoms with E-state index in [4.69, 9.17) is 4.99 Å². The van der Waals surface area contributed by atoms with Gasteiger partial charge in [-0.25, -0.2) is 0 Å². The minimum absolute atomic E-state index is 0.0327. The van der Waals surface area contributed by atoms with Gasteiger partial charge in [-0.15, -0.1) is 0 Å². The summed E-state index contributed by atoms with van der Waals surface area (Å²) in [6.07, 6.45) is 1.88. The van der Waals surface area contributed by atoms with Crippen molar-refractivity contribution in [3.05, 3.63) is 81.9 Å². The van der Waals surface area contributed by atoms with Crippen molar-refractivity contribution in [2.75, 3.05) is 6.54 Å². The number of aliphatic imine (C=N–C) groups is 1. The first-order valence-corrected chi connectivity index (χ1v) is 11.9. The smallest absolute Gasteiger partial charge is 0.160 e. The summed E-state index contributed by atoms with van der Waals surface area (Å²) in [6.45, 7) is 14.4. The number of nitrogens with zero attached hydrogens (tertiary/aromatic N) is 4. The van der Waals surface area contributed by atoms with Gasteiger partial charge in [0.25, 0.3) is 0 Å². The third-order valence-corrected chi connectivity index (χ3v) is 7.63. The Labute approximate surface area is 189 Å². The number of pyridine rings is 1.